The molecule has 1 aliphatic heterocycles. The number of benzene rings is 1. The number of nitro groups is 1. The Morgan fingerprint density at radius 2 is 1.91 bits per heavy atom. The number of nitro benzene ring substituents is 1. The first-order valence-corrected chi connectivity index (χ1v) is 11.2. The van der Waals surface area contributed by atoms with Crippen molar-refractivity contribution in [2.75, 3.05) is 11.5 Å². The molecular weight excluding hydrogens is 478 g/mol. The van der Waals surface area contributed by atoms with Gasteiger partial charge in [-0.2, -0.15) is 0 Å². The molecule has 0 bridgehead atoms. The van der Waals surface area contributed by atoms with Crippen LogP contribution in [0.25, 0.3) is 0 Å². The number of rotatable bonds is 7. The summed E-state index contributed by atoms with van der Waals surface area (Å²) in [5.41, 5.74) is 0.149. The molecule has 0 radical (unpaired) electrons. The Hall–Kier alpha value is -4.32. The Kier molecular flexibility index (Phi) is 6.22. The van der Waals surface area contributed by atoms with Gasteiger partial charge in [-0.25, -0.2) is 9.78 Å². The SMILES string of the molecule is CCOC(=O)c1sc(N2C(=O)C(O)=C(C(=O)c3ccc(C)o3)C2c2ccc([N+](=O)[O-])cc2)nc1C. The minimum Gasteiger partial charge on any atom is -0.503 e. The zero-order valence-corrected chi connectivity index (χ0v) is 19.6. The number of hydrogen-bond donors (Lipinski definition) is 1. The third-order valence-corrected chi connectivity index (χ3v) is 6.43. The fourth-order valence-electron chi connectivity index (χ4n) is 3.69. The molecule has 0 fully saturated rings. The third kappa shape index (κ3) is 4.19. The standard InChI is InChI=1S/C23H19N3O8S/c1-4-33-22(30)20-12(3)24-23(35-20)25-17(13-6-8-14(9-7-13)26(31)32)16(19(28)21(25)29)18(27)15-10-5-11(2)34-15/h5-10,17,28H,4H2,1-3H3. The normalized spacial score (nSPS) is 15.6. The van der Waals surface area contributed by atoms with Crippen LogP contribution in [-0.2, 0) is 9.53 Å². The lowest BCUT2D eigenvalue weighted by molar-refractivity contribution is -0.384. The Bertz CT molecular complexity index is 1390. The van der Waals surface area contributed by atoms with Crippen molar-refractivity contribution < 1.29 is 33.6 Å². The molecule has 3 heterocycles. The van der Waals surface area contributed by atoms with Crippen molar-refractivity contribution in [2.24, 2.45) is 0 Å². The summed E-state index contributed by atoms with van der Waals surface area (Å²) in [5, 5.41) is 21.9. The number of aliphatic hydroxyl groups is 1. The van der Waals surface area contributed by atoms with Gasteiger partial charge in [0.25, 0.3) is 11.6 Å². The number of furan rings is 1. The zero-order chi connectivity index (χ0) is 25.4. The first kappa shape index (κ1) is 23.8. The van der Waals surface area contributed by atoms with Gasteiger partial charge in [0, 0.05) is 12.1 Å². The molecule has 1 amide bonds. The van der Waals surface area contributed by atoms with E-state index in [1.807, 2.05) is 0 Å². The predicted octanol–water partition coefficient (Wildman–Crippen LogP) is 4.22. The number of esters is 1. The molecule has 35 heavy (non-hydrogen) atoms. The van der Waals surface area contributed by atoms with E-state index in [4.69, 9.17) is 9.15 Å². The van der Waals surface area contributed by atoms with Crippen molar-refractivity contribution in [1.29, 1.82) is 0 Å². The van der Waals surface area contributed by atoms with Gasteiger partial charge in [-0.1, -0.05) is 11.3 Å². The minimum atomic E-state index is -1.18. The van der Waals surface area contributed by atoms with E-state index in [0.29, 0.717) is 17.0 Å². The molecule has 1 atom stereocenters. The highest BCUT2D eigenvalue weighted by molar-refractivity contribution is 7.17. The number of thiazole rings is 1. The highest BCUT2D eigenvalue weighted by atomic mass is 32.1. The van der Waals surface area contributed by atoms with Crippen LogP contribution >= 0.6 is 11.3 Å². The summed E-state index contributed by atoms with van der Waals surface area (Å²) in [6.07, 6.45) is 0. The van der Waals surface area contributed by atoms with Crippen LogP contribution in [0.4, 0.5) is 10.8 Å². The fourth-order valence-corrected chi connectivity index (χ4v) is 4.68. The average Bonchev–Trinajstić information content (AvgIpc) is 3.50. The topological polar surface area (TPSA) is 153 Å². The molecule has 0 spiro atoms. The van der Waals surface area contributed by atoms with Crippen molar-refractivity contribution in [1.82, 2.24) is 4.98 Å². The maximum Gasteiger partial charge on any atom is 0.350 e. The maximum absolute atomic E-state index is 13.3. The molecule has 1 unspecified atom stereocenters. The Morgan fingerprint density at radius 1 is 1.23 bits per heavy atom. The molecule has 4 rings (SSSR count). The average molecular weight is 497 g/mol. The molecule has 3 aromatic rings. The number of anilines is 1. The third-order valence-electron chi connectivity index (χ3n) is 5.29. The van der Waals surface area contributed by atoms with Crippen LogP contribution in [0.2, 0.25) is 0 Å². The molecule has 11 nitrogen and oxygen atoms in total. The smallest absolute Gasteiger partial charge is 0.350 e. The van der Waals surface area contributed by atoms with E-state index >= 15 is 0 Å². The number of aliphatic hydroxyl groups excluding tert-OH is 1. The zero-order valence-electron chi connectivity index (χ0n) is 18.8. The van der Waals surface area contributed by atoms with Gasteiger partial charge < -0.3 is 14.3 Å². The van der Waals surface area contributed by atoms with Crippen LogP contribution in [0.15, 0.2) is 52.1 Å². The Balaban J connectivity index is 1.85. The van der Waals surface area contributed by atoms with Gasteiger partial charge >= 0.3 is 5.97 Å². The molecule has 12 heteroatoms. The van der Waals surface area contributed by atoms with Gasteiger partial charge in [-0.15, -0.1) is 0 Å². The van der Waals surface area contributed by atoms with E-state index in [0.717, 1.165) is 16.2 Å². The van der Waals surface area contributed by atoms with Gasteiger partial charge in [0.2, 0.25) is 5.78 Å². The van der Waals surface area contributed by atoms with Gasteiger partial charge in [0.1, 0.15) is 10.6 Å². The predicted molar refractivity (Wildman–Crippen MR) is 124 cm³/mol. The Morgan fingerprint density at radius 3 is 2.49 bits per heavy atom. The summed E-state index contributed by atoms with van der Waals surface area (Å²) < 4.78 is 10.4. The van der Waals surface area contributed by atoms with Crippen molar-refractivity contribution in [2.45, 2.75) is 26.8 Å². The van der Waals surface area contributed by atoms with Crippen LogP contribution in [0, 0.1) is 24.0 Å². The fraction of sp³-hybridized carbons (Fsp3) is 0.217. The summed E-state index contributed by atoms with van der Waals surface area (Å²) in [7, 11) is 0. The van der Waals surface area contributed by atoms with E-state index in [1.54, 1.807) is 26.8 Å². The molecule has 180 valence electrons. The second kappa shape index (κ2) is 9.14. The van der Waals surface area contributed by atoms with Gasteiger partial charge in [0.05, 0.1) is 28.8 Å². The first-order chi connectivity index (χ1) is 16.6. The number of aryl methyl sites for hydroxylation is 2. The van der Waals surface area contributed by atoms with Crippen LogP contribution in [0.3, 0.4) is 0 Å². The lowest BCUT2D eigenvalue weighted by Crippen LogP contribution is -2.31. The summed E-state index contributed by atoms with van der Waals surface area (Å²) in [5.74, 6) is -2.70. The highest BCUT2D eigenvalue weighted by Gasteiger charge is 2.47. The van der Waals surface area contributed by atoms with E-state index in [-0.39, 0.29) is 33.6 Å². The van der Waals surface area contributed by atoms with E-state index < -0.39 is 34.4 Å². The molecular formula is C23H19N3O8S. The molecule has 1 N–H and O–H groups in total. The van der Waals surface area contributed by atoms with Crippen LogP contribution in [0.1, 0.15) is 50.2 Å². The summed E-state index contributed by atoms with van der Waals surface area (Å²) in [6.45, 7) is 5.00. The lowest BCUT2D eigenvalue weighted by Gasteiger charge is -2.24. The number of nitrogens with zero attached hydrogens (tertiary/aromatic N) is 3. The van der Waals surface area contributed by atoms with Crippen molar-refractivity contribution >= 4 is 39.8 Å². The second-order valence-corrected chi connectivity index (χ2v) is 8.54. The number of carbonyl (C=O) groups excluding carboxylic acids is 3. The number of hydrogen-bond acceptors (Lipinski definition) is 10. The number of aromatic nitrogens is 1. The molecule has 0 aliphatic carbocycles. The first-order valence-electron chi connectivity index (χ1n) is 10.4. The summed E-state index contributed by atoms with van der Waals surface area (Å²) >= 11 is 0.869. The Labute approximate surface area is 202 Å². The summed E-state index contributed by atoms with van der Waals surface area (Å²) in [4.78, 5) is 54.9. The lowest BCUT2D eigenvalue weighted by atomic mass is 9.95. The van der Waals surface area contributed by atoms with Crippen LogP contribution in [0.5, 0.6) is 0 Å². The molecule has 0 saturated heterocycles. The van der Waals surface area contributed by atoms with Gasteiger partial charge in [-0.3, -0.25) is 24.6 Å². The van der Waals surface area contributed by atoms with Crippen molar-refractivity contribution in [3.8, 4) is 0 Å². The number of ketones is 1. The summed E-state index contributed by atoms with van der Waals surface area (Å²) in [6, 6.07) is 7.03. The molecule has 1 aromatic carbocycles. The van der Waals surface area contributed by atoms with E-state index in [1.165, 1.54) is 30.3 Å². The number of carbonyl (C=O) groups is 3. The highest BCUT2D eigenvalue weighted by Crippen LogP contribution is 2.44. The minimum absolute atomic E-state index is 0.0453. The molecule has 2 aromatic heterocycles. The van der Waals surface area contributed by atoms with E-state index in [9.17, 15) is 29.6 Å². The number of amides is 1. The van der Waals surface area contributed by atoms with Crippen LogP contribution < -0.4 is 4.90 Å². The number of Topliss-reactive ketones (excluding diaryl/α,β-unsaturated/α-hetero) is 1. The van der Waals surface area contributed by atoms with Crippen LogP contribution in [-0.4, -0.2) is 39.3 Å². The van der Waals surface area contributed by atoms with Crippen molar-refractivity contribution in [3.63, 3.8) is 0 Å². The second-order valence-electron chi connectivity index (χ2n) is 7.56. The molecule has 1 aliphatic rings. The maximum atomic E-state index is 13.3. The largest absolute Gasteiger partial charge is 0.503 e. The monoisotopic (exact) mass is 497 g/mol. The van der Waals surface area contributed by atoms with E-state index in [2.05, 4.69) is 4.98 Å². The number of non-ortho nitro benzene ring substituents is 1. The molecule has 0 saturated carbocycles. The van der Waals surface area contributed by atoms with Crippen molar-refractivity contribution in [3.05, 3.63) is 85.5 Å². The quantitative estimate of drug-likeness (QED) is 0.219. The van der Waals surface area contributed by atoms with Gasteiger partial charge in [0.15, 0.2) is 16.7 Å². The van der Waals surface area contributed by atoms with Gasteiger partial charge in [-0.05, 0) is 50.6 Å². The number of ether oxygens (including phenoxy) is 1.